The average Bonchev–Trinajstić information content (AvgIpc) is 3.71. The van der Waals surface area contributed by atoms with E-state index in [-0.39, 0.29) is 28.9 Å². The molecule has 0 atom stereocenters. The second-order valence-electron chi connectivity index (χ2n) is 11.5. The number of fused-ring (bicyclic) bond motifs is 1. The number of rotatable bonds is 9. The number of likely N-dealkylation sites (tertiary alicyclic amines) is 1. The highest BCUT2D eigenvalue weighted by atomic mass is 16.5. The van der Waals surface area contributed by atoms with Gasteiger partial charge in [-0.25, -0.2) is 14.8 Å². The van der Waals surface area contributed by atoms with Crippen LogP contribution < -0.4 is 21.5 Å². The van der Waals surface area contributed by atoms with Crippen molar-refractivity contribution in [3.8, 4) is 23.3 Å². The summed E-state index contributed by atoms with van der Waals surface area (Å²) in [7, 11) is 0. The van der Waals surface area contributed by atoms with E-state index in [0.29, 0.717) is 54.0 Å². The number of ether oxygens (including phenoxy) is 1. The molecule has 2 aromatic heterocycles. The van der Waals surface area contributed by atoms with Gasteiger partial charge in [0.1, 0.15) is 35.0 Å². The molecule has 1 aliphatic carbocycles. The Kier molecular flexibility index (Phi) is 7.00. The smallest absolute Gasteiger partial charge is 0.335 e. The number of anilines is 1. The van der Waals surface area contributed by atoms with Gasteiger partial charge >= 0.3 is 5.69 Å². The molecular formula is C31H32N8O3. The van der Waals surface area contributed by atoms with Crippen molar-refractivity contribution in [2.24, 2.45) is 5.92 Å². The number of para-hydroxylation sites is 1. The third-order valence-corrected chi connectivity index (χ3v) is 7.50. The predicted molar refractivity (Wildman–Crippen MR) is 158 cm³/mol. The van der Waals surface area contributed by atoms with Gasteiger partial charge in [-0.3, -0.25) is 13.9 Å². The van der Waals surface area contributed by atoms with E-state index in [9.17, 15) is 14.9 Å². The Morgan fingerprint density at radius 2 is 1.81 bits per heavy atom. The van der Waals surface area contributed by atoms with Crippen molar-refractivity contribution < 1.29 is 9.53 Å². The quantitative estimate of drug-likeness (QED) is 0.233. The molecule has 11 nitrogen and oxygen atoms in total. The molecule has 2 aromatic carbocycles. The number of imidazole rings is 1. The summed E-state index contributed by atoms with van der Waals surface area (Å²) in [6.07, 6.45) is 5.28. The van der Waals surface area contributed by atoms with Crippen molar-refractivity contribution in [2.45, 2.75) is 44.8 Å². The number of carbonyl (C=O) groups is 1. The van der Waals surface area contributed by atoms with E-state index < -0.39 is 5.54 Å². The Bertz CT molecular complexity index is 1760. The number of nitrogens with one attached hydrogen (secondary N) is 1. The number of nitrogens with zero attached hydrogens (tertiary/aromatic N) is 6. The van der Waals surface area contributed by atoms with Crippen molar-refractivity contribution in [1.82, 2.24) is 29.3 Å². The Labute approximate surface area is 242 Å². The number of benzene rings is 2. The average molecular weight is 565 g/mol. The van der Waals surface area contributed by atoms with Crippen LogP contribution in [0.3, 0.4) is 0 Å². The maximum absolute atomic E-state index is 13.7. The molecule has 3 N–H and O–H groups in total. The van der Waals surface area contributed by atoms with Crippen molar-refractivity contribution >= 4 is 22.9 Å². The number of nitrogens with two attached hydrogens (primary N) is 1. The summed E-state index contributed by atoms with van der Waals surface area (Å²) in [5.74, 6) is 1.25. The second-order valence-corrected chi connectivity index (χ2v) is 11.5. The van der Waals surface area contributed by atoms with Gasteiger partial charge in [0.05, 0.1) is 5.69 Å². The normalized spacial score (nSPS) is 15.8. The van der Waals surface area contributed by atoms with Gasteiger partial charge in [0, 0.05) is 37.1 Å². The minimum atomic E-state index is -0.452. The zero-order valence-corrected chi connectivity index (χ0v) is 23.5. The van der Waals surface area contributed by atoms with Gasteiger partial charge in [0.2, 0.25) is 0 Å². The van der Waals surface area contributed by atoms with E-state index in [2.05, 4.69) is 21.4 Å². The zero-order valence-electron chi connectivity index (χ0n) is 23.5. The number of hydrogen-bond acceptors (Lipinski definition) is 8. The lowest BCUT2D eigenvalue weighted by molar-refractivity contribution is -0.133. The molecule has 2 aliphatic rings. The SMILES string of the molecule is CC(C)(/C=C(/C#N)C(=O)N1CC(Cn2c(=O)n(-c3ccc(Oc4ccccc4)cc3)c3c(N)ncnc32)C1)NC1CC1. The topological polar surface area (TPSA) is 144 Å². The number of aromatic nitrogens is 4. The lowest BCUT2D eigenvalue weighted by Crippen LogP contribution is -2.52. The van der Waals surface area contributed by atoms with Crippen molar-refractivity contribution in [3.05, 3.63) is 83.1 Å². The molecule has 2 fully saturated rings. The van der Waals surface area contributed by atoms with Gasteiger partial charge in [-0.1, -0.05) is 18.2 Å². The summed E-state index contributed by atoms with van der Waals surface area (Å²) in [4.78, 5) is 37.0. The summed E-state index contributed by atoms with van der Waals surface area (Å²) in [6, 6.07) is 19.1. The summed E-state index contributed by atoms with van der Waals surface area (Å²) < 4.78 is 8.97. The molecule has 11 heteroatoms. The molecule has 0 radical (unpaired) electrons. The summed E-state index contributed by atoms with van der Waals surface area (Å²) in [5.41, 5.74) is 7.05. The molecule has 0 bridgehead atoms. The molecule has 0 spiro atoms. The number of carbonyl (C=O) groups excluding carboxylic acids is 1. The molecule has 1 amide bonds. The van der Waals surface area contributed by atoms with E-state index in [1.165, 1.54) is 10.9 Å². The fourth-order valence-corrected chi connectivity index (χ4v) is 5.37. The highest BCUT2D eigenvalue weighted by Crippen LogP contribution is 2.28. The molecule has 42 heavy (non-hydrogen) atoms. The van der Waals surface area contributed by atoms with Crippen LogP contribution in [0.15, 0.2) is 77.4 Å². The zero-order chi connectivity index (χ0) is 29.4. The monoisotopic (exact) mass is 564 g/mol. The third kappa shape index (κ3) is 5.49. The Balaban J connectivity index is 1.20. The number of amides is 1. The first-order chi connectivity index (χ1) is 20.2. The van der Waals surface area contributed by atoms with E-state index in [1.807, 2.05) is 44.2 Å². The van der Waals surface area contributed by atoms with Crippen LogP contribution in [0.25, 0.3) is 16.9 Å². The van der Waals surface area contributed by atoms with Gasteiger partial charge < -0.3 is 20.7 Å². The summed E-state index contributed by atoms with van der Waals surface area (Å²) >= 11 is 0. The van der Waals surface area contributed by atoms with Crippen LogP contribution >= 0.6 is 0 Å². The van der Waals surface area contributed by atoms with Gasteiger partial charge in [0.15, 0.2) is 11.5 Å². The van der Waals surface area contributed by atoms with Crippen molar-refractivity contribution in [2.75, 3.05) is 18.8 Å². The Hall–Kier alpha value is -4.95. The number of nitriles is 1. The van der Waals surface area contributed by atoms with Gasteiger partial charge in [-0.05, 0) is 69.2 Å². The number of nitrogen functional groups attached to an aromatic ring is 1. The van der Waals surface area contributed by atoms with Crippen LogP contribution in [0, 0.1) is 17.2 Å². The molecule has 214 valence electrons. The van der Waals surface area contributed by atoms with Crippen LogP contribution in [0.5, 0.6) is 11.5 Å². The van der Waals surface area contributed by atoms with Gasteiger partial charge in [-0.15, -0.1) is 0 Å². The fraction of sp³-hybridized carbons (Fsp3) is 0.323. The highest BCUT2D eigenvalue weighted by molar-refractivity contribution is 5.98. The minimum absolute atomic E-state index is 0.0149. The van der Waals surface area contributed by atoms with Crippen LogP contribution in [0.2, 0.25) is 0 Å². The van der Waals surface area contributed by atoms with E-state index in [4.69, 9.17) is 10.5 Å². The Morgan fingerprint density at radius 1 is 1.12 bits per heavy atom. The lowest BCUT2D eigenvalue weighted by Gasteiger charge is -2.39. The molecule has 4 aromatic rings. The molecule has 1 saturated carbocycles. The molecule has 1 saturated heterocycles. The largest absolute Gasteiger partial charge is 0.457 e. The maximum atomic E-state index is 13.7. The van der Waals surface area contributed by atoms with E-state index >= 15 is 0 Å². The number of hydrogen-bond donors (Lipinski definition) is 2. The van der Waals surface area contributed by atoms with Crippen LogP contribution in [0.1, 0.15) is 26.7 Å². The van der Waals surface area contributed by atoms with Crippen LogP contribution in [-0.4, -0.2) is 54.6 Å². The van der Waals surface area contributed by atoms with Gasteiger partial charge in [-0.2, -0.15) is 5.26 Å². The van der Waals surface area contributed by atoms with Gasteiger partial charge in [0.25, 0.3) is 5.91 Å². The standard InChI is InChI=1S/C31H32N8O3/c1-31(2,36-22-8-9-22)14-21(15-32)29(40)37-16-20(17-37)18-38-28-26(27(33)34-19-35-28)39(30(38)41)23-10-12-25(13-11-23)42-24-6-4-3-5-7-24/h3-7,10-14,19-20,22,36H,8-9,16-18H2,1-2H3,(H2,33,34,35)/b21-14-. The Morgan fingerprint density at radius 3 is 2.48 bits per heavy atom. The molecule has 1 aliphatic heterocycles. The molecular weight excluding hydrogens is 532 g/mol. The highest BCUT2D eigenvalue weighted by Gasteiger charge is 2.35. The maximum Gasteiger partial charge on any atom is 0.335 e. The minimum Gasteiger partial charge on any atom is -0.457 e. The van der Waals surface area contributed by atoms with Crippen molar-refractivity contribution in [1.29, 1.82) is 5.26 Å². The predicted octanol–water partition coefficient (Wildman–Crippen LogP) is 3.40. The molecule has 6 rings (SSSR count). The molecule has 3 heterocycles. The van der Waals surface area contributed by atoms with E-state index in [1.54, 1.807) is 39.8 Å². The summed E-state index contributed by atoms with van der Waals surface area (Å²) in [6.45, 7) is 5.14. The molecule has 0 unspecified atom stereocenters. The first-order valence-electron chi connectivity index (χ1n) is 14.0. The fourth-order valence-electron chi connectivity index (χ4n) is 5.37. The van der Waals surface area contributed by atoms with Crippen molar-refractivity contribution in [3.63, 3.8) is 0 Å². The van der Waals surface area contributed by atoms with Crippen LogP contribution in [0.4, 0.5) is 5.82 Å². The third-order valence-electron chi connectivity index (χ3n) is 7.50. The summed E-state index contributed by atoms with van der Waals surface area (Å²) in [5, 5.41) is 13.1. The second kappa shape index (κ2) is 10.8. The van der Waals surface area contributed by atoms with E-state index in [0.717, 1.165) is 12.8 Å². The first kappa shape index (κ1) is 27.2. The lowest BCUT2D eigenvalue weighted by atomic mass is 9.96. The first-order valence-corrected chi connectivity index (χ1v) is 14.0. The van der Waals surface area contributed by atoms with Crippen LogP contribution in [-0.2, 0) is 11.3 Å².